The highest BCUT2D eigenvalue weighted by Gasteiger charge is 2.29. The van der Waals surface area contributed by atoms with Crippen molar-refractivity contribution in [1.29, 1.82) is 0 Å². The lowest BCUT2D eigenvalue weighted by atomic mass is 10.2. The maximum atomic E-state index is 11.8. The Bertz CT molecular complexity index is 297. The van der Waals surface area contributed by atoms with Gasteiger partial charge in [-0.05, 0) is 27.2 Å². The summed E-state index contributed by atoms with van der Waals surface area (Å²) >= 11 is 0. The number of aliphatic carboxylic acids is 1. The molecule has 0 bridgehead atoms. The van der Waals surface area contributed by atoms with Gasteiger partial charge in [0, 0.05) is 13.2 Å². The lowest BCUT2D eigenvalue weighted by Crippen LogP contribution is -2.42. The molecule has 1 rings (SSSR count). The quantitative estimate of drug-likeness (QED) is 0.748. The fourth-order valence-corrected chi connectivity index (χ4v) is 1.47. The predicted molar refractivity (Wildman–Crippen MR) is 59.8 cm³/mol. The molecule has 0 aromatic rings. The Morgan fingerprint density at radius 2 is 2.06 bits per heavy atom. The first kappa shape index (κ1) is 13.8. The molecule has 1 aliphatic heterocycles. The van der Waals surface area contributed by atoms with E-state index in [4.69, 9.17) is 14.6 Å². The number of carbonyl (C=O) groups is 2. The summed E-state index contributed by atoms with van der Waals surface area (Å²) in [5.74, 6) is -1.06. The van der Waals surface area contributed by atoms with Crippen molar-refractivity contribution in [3.63, 3.8) is 0 Å². The molecule has 0 radical (unpaired) electrons. The molecule has 1 N–H and O–H groups in total. The van der Waals surface area contributed by atoms with Crippen LogP contribution in [0.15, 0.2) is 0 Å². The van der Waals surface area contributed by atoms with E-state index >= 15 is 0 Å². The third-order valence-electron chi connectivity index (χ3n) is 2.20. The maximum Gasteiger partial charge on any atom is 0.410 e. The predicted octanol–water partition coefficient (Wildman–Crippen LogP) is 1.10. The van der Waals surface area contributed by atoms with Gasteiger partial charge in [-0.15, -0.1) is 0 Å². The molecule has 0 unspecified atom stereocenters. The van der Waals surface area contributed by atoms with Crippen LogP contribution in [0, 0.1) is 0 Å². The van der Waals surface area contributed by atoms with E-state index in [0.29, 0.717) is 19.6 Å². The Kier molecular flexibility index (Phi) is 4.34. The molecule has 0 spiro atoms. The van der Waals surface area contributed by atoms with Crippen molar-refractivity contribution >= 4 is 12.1 Å². The lowest BCUT2D eigenvalue weighted by Gasteiger charge is -2.27. The number of amides is 1. The second-order valence-corrected chi connectivity index (χ2v) is 4.98. The van der Waals surface area contributed by atoms with Gasteiger partial charge in [0.05, 0.1) is 6.54 Å². The molecule has 6 heteroatoms. The first-order valence-corrected chi connectivity index (χ1v) is 5.62. The van der Waals surface area contributed by atoms with Crippen molar-refractivity contribution in [2.24, 2.45) is 0 Å². The highest BCUT2D eigenvalue weighted by molar-refractivity contribution is 5.74. The number of carbonyl (C=O) groups excluding carboxylic acids is 1. The molecule has 6 nitrogen and oxygen atoms in total. The van der Waals surface area contributed by atoms with Crippen LogP contribution in [0.5, 0.6) is 0 Å². The monoisotopic (exact) mass is 245 g/mol. The van der Waals surface area contributed by atoms with Crippen LogP contribution in [0.25, 0.3) is 0 Å². The highest BCUT2D eigenvalue weighted by atomic mass is 16.6. The molecule has 98 valence electrons. The van der Waals surface area contributed by atoms with Crippen LogP contribution in [0.4, 0.5) is 4.79 Å². The Morgan fingerprint density at radius 1 is 1.41 bits per heavy atom. The van der Waals surface area contributed by atoms with Crippen LogP contribution in [-0.4, -0.2) is 53.5 Å². The molecule has 1 amide bonds. The van der Waals surface area contributed by atoms with Crippen LogP contribution in [0.1, 0.15) is 27.2 Å². The zero-order chi connectivity index (χ0) is 13.1. The Hall–Kier alpha value is -1.30. The summed E-state index contributed by atoms with van der Waals surface area (Å²) in [6, 6.07) is 0. The zero-order valence-corrected chi connectivity index (χ0v) is 10.4. The van der Waals surface area contributed by atoms with Crippen LogP contribution < -0.4 is 0 Å². The number of nitrogens with zero attached hydrogens (tertiary/aromatic N) is 1. The number of carboxylic acids is 1. The summed E-state index contributed by atoms with van der Waals surface area (Å²) in [6.45, 7) is 6.15. The van der Waals surface area contributed by atoms with Crippen LogP contribution in [0.3, 0.4) is 0 Å². The Balaban J connectivity index is 2.62. The molecule has 0 aromatic heterocycles. The van der Waals surface area contributed by atoms with E-state index < -0.39 is 23.8 Å². The normalized spacial score (nSPS) is 21.8. The maximum absolute atomic E-state index is 11.8. The molecule has 0 saturated carbocycles. The standard InChI is InChI=1S/C11H19NO5/c1-11(2,3)17-10(15)12-5-4-6-16-8(7-12)9(13)14/h8H,4-7H2,1-3H3,(H,13,14)/t8-/m1/s1. The molecule has 0 aliphatic carbocycles. The van der Waals surface area contributed by atoms with E-state index in [-0.39, 0.29) is 6.54 Å². The average molecular weight is 245 g/mol. The third-order valence-corrected chi connectivity index (χ3v) is 2.20. The summed E-state index contributed by atoms with van der Waals surface area (Å²) in [7, 11) is 0. The van der Waals surface area contributed by atoms with Crippen molar-refractivity contribution < 1.29 is 24.2 Å². The van der Waals surface area contributed by atoms with E-state index in [9.17, 15) is 9.59 Å². The molecule has 0 aromatic carbocycles. The Labute approximate surface area is 100 Å². The third kappa shape index (κ3) is 4.60. The number of hydrogen-bond donors (Lipinski definition) is 1. The number of rotatable bonds is 1. The van der Waals surface area contributed by atoms with Crippen molar-refractivity contribution in [3.8, 4) is 0 Å². The number of hydrogen-bond acceptors (Lipinski definition) is 4. The molecule has 1 heterocycles. The van der Waals surface area contributed by atoms with Crippen LogP contribution in [0.2, 0.25) is 0 Å². The van der Waals surface area contributed by atoms with Gasteiger partial charge in [0.2, 0.25) is 0 Å². The van der Waals surface area contributed by atoms with E-state index in [2.05, 4.69) is 0 Å². The molecule has 17 heavy (non-hydrogen) atoms. The van der Waals surface area contributed by atoms with E-state index in [1.165, 1.54) is 4.90 Å². The minimum absolute atomic E-state index is 0.0320. The van der Waals surface area contributed by atoms with Crippen molar-refractivity contribution in [2.45, 2.75) is 38.9 Å². The highest BCUT2D eigenvalue weighted by Crippen LogP contribution is 2.13. The van der Waals surface area contributed by atoms with Crippen molar-refractivity contribution in [2.75, 3.05) is 19.7 Å². The molecule has 1 aliphatic rings. The van der Waals surface area contributed by atoms with Gasteiger partial charge in [-0.2, -0.15) is 0 Å². The number of ether oxygens (including phenoxy) is 2. The minimum Gasteiger partial charge on any atom is -0.479 e. The molecule has 1 atom stereocenters. The van der Waals surface area contributed by atoms with Gasteiger partial charge < -0.3 is 19.5 Å². The van der Waals surface area contributed by atoms with Crippen LogP contribution in [-0.2, 0) is 14.3 Å². The van der Waals surface area contributed by atoms with Gasteiger partial charge >= 0.3 is 12.1 Å². The van der Waals surface area contributed by atoms with Gasteiger partial charge in [0.1, 0.15) is 5.60 Å². The fourth-order valence-electron chi connectivity index (χ4n) is 1.47. The van der Waals surface area contributed by atoms with Gasteiger partial charge in [-0.3, -0.25) is 0 Å². The molecule has 1 fully saturated rings. The largest absolute Gasteiger partial charge is 0.479 e. The zero-order valence-electron chi connectivity index (χ0n) is 10.4. The van der Waals surface area contributed by atoms with Gasteiger partial charge in [-0.25, -0.2) is 9.59 Å². The first-order chi connectivity index (χ1) is 7.79. The molecule has 1 saturated heterocycles. The van der Waals surface area contributed by atoms with Gasteiger partial charge in [0.25, 0.3) is 0 Å². The second-order valence-electron chi connectivity index (χ2n) is 4.98. The lowest BCUT2D eigenvalue weighted by molar-refractivity contribution is -0.150. The smallest absolute Gasteiger partial charge is 0.410 e. The summed E-state index contributed by atoms with van der Waals surface area (Å²) in [4.78, 5) is 24.0. The average Bonchev–Trinajstić information content (AvgIpc) is 2.39. The summed E-state index contributed by atoms with van der Waals surface area (Å²) in [6.07, 6.45) is -0.845. The van der Waals surface area contributed by atoms with E-state index in [1.54, 1.807) is 20.8 Å². The van der Waals surface area contributed by atoms with E-state index in [0.717, 1.165) is 0 Å². The van der Waals surface area contributed by atoms with Gasteiger partial charge in [-0.1, -0.05) is 0 Å². The van der Waals surface area contributed by atoms with E-state index in [1.807, 2.05) is 0 Å². The topological polar surface area (TPSA) is 76.1 Å². The SMILES string of the molecule is CC(C)(C)OC(=O)N1CCCO[C@@H](C(=O)O)C1. The van der Waals surface area contributed by atoms with Gasteiger partial charge in [0.15, 0.2) is 6.10 Å². The van der Waals surface area contributed by atoms with Crippen LogP contribution >= 0.6 is 0 Å². The Morgan fingerprint density at radius 3 is 2.59 bits per heavy atom. The minimum atomic E-state index is -1.06. The number of carboxylic acid groups (broad SMARTS) is 1. The summed E-state index contributed by atoms with van der Waals surface area (Å²) < 4.78 is 10.3. The summed E-state index contributed by atoms with van der Waals surface area (Å²) in [5.41, 5.74) is -0.580. The second kappa shape index (κ2) is 5.35. The summed E-state index contributed by atoms with van der Waals surface area (Å²) in [5, 5.41) is 8.89. The molecular formula is C11H19NO5. The van der Waals surface area contributed by atoms with Crippen molar-refractivity contribution in [1.82, 2.24) is 4.90 Å². The fraction of sp³-hybridized carbons (Fsp3) is 0.818. The molecular weight excluding hydrogens is 226 g/mol. The van der Waals surface area contributed by atoms with Crippen molar-refractivity contribution in [3.05, 3.63) is 0 Å². The first-order valence-electron chi connectivity index (χ1n) is 5.62.